The van der Waals surface area contributed by atoms with Crippen molar-refractivity contribution in [3.05, 3.63) is 0 Å². The van der Waals surface area contributed by atoms with Crippen molar-refractivity contribution in [1.29, 1.82) is 0 Å². The molecule has 1 rings (SSSR count). The Morgan fingerprint density at radius 3 is 2.69 bits per heavy atom. The van der Waals surface area contributed by atoms with E-state index >= 15 is 0 Å². The van der Waals surface area contributed by atoms with Crippen molar-refractivity contribution in [3.8, 4) is 12.3 Å². The van der Waals surface area contributed by atoms with Crippen LogP contribution in [-0.2, 0) is 4.79 Å². The fourth-order valence-corrected chi connectivity index (χ4v) is 2.38. The first kappa shape index (κ1) is 13.1. The lowest BCUT2D eigenvalue weighted by Gasteiger charge is -2.22. The van der Waals surface area contributed by atoms with Gasteiger partial charge in [0.1, 0.15) is 0 Å². The summed E-state index contributed by atoms with van der Waals surface area (Å²) in [5.74, 6) is 3.41. The molecule has 1 unspecified atom stereocenters. The minimum absolute atomic E-state index is 0.168. The maximum Gasteiger partial charge on any atom is 0.220 e. The zero-order chi connectivity index (χ0) is 11.8. The molecule has 0 saturated heterocycles. The van der Waals surface area contributed by atoms with Crippen LogP contribution in [0.25, 0.3) is 0 Å². The Hall–Kier alpha value is -0.970. The van der Waals surface area contributed by atoms with Crippen LogP contribution in [0.4, 0.5) is 0 Å². The summed E-state index contributed by atoms with van der Waals surface area (Å²) in [6, 6.07) is 0.168. The second-order valence-electron chi connectivity index (χ2n) is 4.79. The molecule has 2 nitrogen and oxygen atoms in total. The summed E-state index contributed by atoms with van der Waals surface area (Å²) in [5, 5.41) is 3.03. The van der Waals surface area contributed by atoms with Crippen molar-refractivity contribution in [2.45, 2.75) is 64.3 Å². The molecule has 0 aromatic heterocycles. The summed E-state index contributed by atoms with van der Waals surface area (Å²) < 4.78 is 0. The van der Waals surface area contributed by atoms with Crippen LogP contribution in [0, 0.1) is 18.3 Å². The monoisotopic (exact) mass is 221 g/mol. The molecule has 0 aliphatic heterocycles. The fraction of sp³-hybridized carbons (Fsp3) is 0.786. The van der Waals surface area contributed by atoms with E-state index in [-0.39, 0.29) is 11.9 Å². The Morgan fingerprint density at radius 1 is 1.44 bits per heavy atom. The average molecular weight is 221 g/mol. The standard InChI is InChI=1S/C14H23NO/c1-3-8-13(4-2)15-14(16)11-12-9-6-5-7-10-12/h1,12-13H,4-11H2,2H3,(H,15,16). The third-order valence-electron chi connectivity index (χ3n) is 3.42. The van der Waals surface area contributed by atoms with E-state index in [1.165, 1.54) is 32.1 Å². The lowest BCUT2D eigenvalue weighted by molar-refractivity contribution is -0.122. The van der Waals surface area contributed by atoms with Gasteiger partial charge >= 0.3 is 0 Å². The third kappa shape index (κ3) is 4.70. The van der Waals surface area contributed by atoms with E-state index in [1.807, 2.05) is 0 Å². The van der Waals surface area contributed by atoms with Crippen molar-refractivity contribution < 1.29 is 4.79 Å². The van der Waals surface area contributed by atoms with Gasteiger partial charge in [-0.3, -0.25) is 4.79 Å². The van der Waals surface area contributed by atoms with E-state index in [4.69, 9.17) is 6.42 Å². The summed E-state index contributed by atoms with van der Waals surface area (Å²) in [6.07, 6.45) is 13.9. The number of carbonyl (C=O) groups excluding carboxylic acids is 1. The zero-order valence-electron chi connectivity index (χ0n) is 10.3. The molecule has 90 valence electrons. The minimum atomic E-state index is 0.168. The topological polar surface area (TPSA) is 29.1 Å². The molecular formula is C14H23NO. The Balaban J connectivity index is 2.25. The highest BCUT2D eigenvalue weighted by molar-refractivity contribution is 5.76. The van der Waals surface area contributed by atoms with Crippen LogP contribution in [0.5, 0.6) is 0 Å². The van der Waals surface area contributed by atoms with Crippen molar-refractivity contribution >= 4 is 5.91 Å². The van der Waals surface area contributed by atoms with E-state index in [0.29, 0.717) is 18.8 Å². The molecule has 1 saturated carbocycles. The van der Waals surface area contributed by atoms with Crippen LogP contribution in [-0.4, -0.2) is 11.9 Å². The number of hydrogen-bond donors (Lipinski definition) is 1. The van der Waals surface area contributed by atoms with E-state index < -0.39 is 0 Å². The molecule has 1 amide bonds. The van der Waals surface area contributed by atoms with Gasteiger partial charge in [-0.15, -0.1) is 12.3 Å². The summed E-state index contributed by atoms with van der Waals surface area (Å²) in [4.78, 5) is 11.8. The number of nitrogens with one attached hydrogen (secondary N) is 1. The molecule has 1 aliphatic carbocycles. The highest BCUT2D eigenvalue weighted by atomic mass is 16.1. The molecule has 1 aliphatic rings. The van der Waals surface area contributed by atoms with E-state index in [2.05, 4.69) is 18.2 Å². The van der Waals surface area contributed by atoms with Crippen LogP contribution in [0.2, 0.25) is 0 Å². The normalized spacial score (nSPS) is 18.8. The van der Waals surface area contributed by atoms with Crippen LogP contribution in [0.1, 0.15) is 58.3 Å². The first-order valence-corrected chi connectivity index (χ1v) is 6.49. The summed E-state index contributed by atoms with van der Waals surface area (Å²) in [5.41, 5.74) is 0. The van der Waals surface area contributed by atoms with Gasteiger partial charge < -0.3 is 5.32 Å². The number of terminal acetylenes is 1. The van der Waals surface area contributed by atoms with Gasteiger partial charge in [0.15, 0.2) is 0 Å². The van der Waals surface area contributed by atoms with E-state index in [9.17, 15) is 4.79 Å². The smallest absolute Gasteiger partial charge is 0.220 e. The third-order valence-corrected chi connectivity index (χ3v) is 3.42. The molecule has 2 heteroatoms. The van der Waals surface area contributed by atoms with Gasteiger partial charge in [0.05, 0.1) is 0 Å². The number of carbonyl (C=O) groups is 1. The first-order valence-electron chi connectivity index (χ1n) is 6.49. The van der Waals surface area contributed by atoms with Gasteiger partial charge in [-0.2, -0.15) is 0 Å². The number of rotatable bonds is 5. The Labute approximate surface area is 99.2 Å². The molecule has 1 atom stereocenters. The van der Waals surface area contributed by atoms with Gasteiger partial charge in [-0.1, -0.05) is 26.2 Å². The average Bonchev–Trinajstić information content (AvgIpc) is 2.29. The molecular weight excluding hydrogens is 198 g/mol. The Bertz CT molecular complexity index is 248. The lowest BCUT2D eigenvalue weighted by atomic mass is 9.87. The predicted octanol–water partition coefficient (Wildman–Crippen LogP) is 2.87. The van der Waals surface area contributed by atoms with E-state index in [1.54, 1.807) is 0 Å². The molecule has 0 aromatic rings. The highest BCUT2D eigenvalue weighted by Crippen LogP contribution is 2.26. The Morgan fingerprint density at radius 2 is 2.12 bits per heavy atom. The molecule has 0 radical (unpaired) electrons. The maximum atomic E-state index is 11.8. The minimum Gasteiger partial charge on any atom is -0.352 e. The van der Waals surface area contributed by atoms with Gasteiger partial charge in [-0.25, -0.2) is 0 Å². The predicted molar refractivity (Wildman–Crippen MR) is 66.9 cm³/mol. The second-order valence-corrected chi connectivity index (χ2v) is 4.79. The SMILES string of the molecule is C#CCC(CC)NC(=O)CC1CCCCC1. The van der Waals surface area contributed by atoms with Crippen molar-refractivity contribution in [2.24, 2.45) is 5.92 Å². The summed E-state index contributed by atoms with van der Waals surface area (Å²) in [6.45, 7) is 2.06. The van der Waals surface area contributed by atoms with Crippen LogP contribution in [0.3, 0.4) is 0 Å². The van der Waals surface area contributed by atoms with Crippen LogP contribution >= 0.6 is 0 Å². The molecule has 0 spiro atoms. The van der Waals surface area contributed by atoms with Gasteiger partial charge in [0, 0.05) is 18.9 Å². The molecule has 0 aromatic carbocycles. The van der Waals surface area contributed by atoms with Crippen LogP contribution in [0.15, 0.2) is 0 Å². The maximum absolute atomic E-state index is 11.8. The van der Waals surface area contributed by atoms with Crippen molar-refractivity contribution in [1.82, 2.24) is 5.32 Å². The summed E-state index contributed by atoms with van der Waals surface area (Å²) in [7, 11) is 0. The molecule has 0 heterocycles. The number of amides is 1. The van der Waals surface area contributed by atoms with E-state index in [0.717, 1.165) is 6.42 Å². The van der Waals surface area contributed by atoms with Crippen molar-refractivity contribution in [3.63, 3.8) is 0 Å². The second kappa shape index (κ2) is 7.33. The number of hydrogen-bond acceptors (Lipinski definition) is 1. The molecule has 16 heavy (non-hydrogen) atoms. The first-order chi connectivity index (χ1) is 7.76. The Kier molecular flexibility index (Phi) is 6.00. The lowest BCUT2D eigenvalue weighted by Crippen LogP contribution is -2.35. The van der Waals surface area contributed by atoms with Crippen LogP contribution < -0.4 is 5.32 Å². The fourth-order valence-electron chi connectivity index (χ4n) is 2.38. The van der Waals surface area contributed by atoms with Gasteiger partial charge in [0.2, 0.25) is 5.91 Å². The van der Waals surface area contributed by atoms with Gasteiger partial charge in [-0.05, 0) is 25.2 Å². The molecule has 1 N–H and O–H groups in total. The molecule has 1 fully saturated rings. The highest BCUT2D eigenvalue weighted by Gasteiger charge is 2.18. The quantitative estimate of drug-likeness (QED) is 0.711. The zero-order valence-corrected chi connectivity index (χ0v) is 10.3. The van der Waals surface area contributed by atoms with Gasteiger partial charge in [0.25, 0.3) is 0 Å². The molecule has 0 bridgehead atoms. The van der Waals surface area contributed by atoms with Crippen molar-refractivity contribution in [2.75, 3.05) is 0 Å². The summed E-state index contributed by atoms with van der Waals surface area (Å²) >= 11 is 0. The largest absolute Gasteiger partial charge is 0.352 e.